The highest BCUT2D eigenvalue weighted by Gasteiger charge is 2.01. The van der Waals surface area contributed by atoms with E-state index >= 15 is 0 Å². The van der Waals surface area contributed by atoms with Gasteiger partial charge >= 0.3 is 0 Å². The van der Waals surface area contributed by atoms with E-state index in [1.54, 1.807) is 6.26 Å². The third-order valence-electron chi connectivity index (χ3n) is 2.88. The Bertz CT molecular complexity index is 278. The van der Waals surface area contributed by atoms with Crippen molar-refractivity contribution in [2.75, 3.05) is 46.4 Å². The van der Waals surface area contributed by atoms with Crippen LogP contribution in [-0.2, 0) is 11.2 Å². The standard InChI is InChI=1S/C13H25N3O2/c1-3-16(9-7-14-2)8-4-10-17-11-5-13-6-12-18-15-13/h6,12,14H,3-5,7-11H2,1-2H3. The molecule has 0 aromatic carbocycles. The van der Waals surface area contributed by atoms with Crippen molar-refractivity contribution in [2.45, 2.75) is 19.8 Å². The van der Waals surface area contributed by atoms with Gasteiger partial charge in [0.2, 0.25) is 0 Å². The van der Waals surface area contributed by atoms with Crippen LogP contribution in [-0.4, -0.2) is 56.5 Å². The largest absolute Gasteiger partial charge is 0.381 e. The summed E-state index contributed by atoms with van der Waals surface area (Å²) in [6.07, 6.45) is 3.50. The molecule has 5 heteroatoms. The summed E-state index contributed by atoms with van der Waals surface area (Å²) in [6, 6.07) is 1.87. The molecular weight excluding hydrogens is 230 g/mol. The minimum atomic E-state index is 0.717. The molecule has 0 saturated heterocycles. The van der Waals surface area contributed by atoms with E-state index < -0.39 is 0 Å². The zero-order valence-corrected chi connectivity index (χ0v) is 11.5. The monoisotopic (exact) mass is 255 g/mol. The highest BCUT2D eigenvalue weighted by atomic mass is 16.5. The quantitative estimate of drug-likeness (QED) is 0.601. The van der Waals surface area contributed by atoms with Gasteiger partial charge in [-0.3, -0.25) is 0 Å². The lowest BCUT2D eigenvalue weighted by Gasteiger charge is -2.19. The first kappa shape index (κ1) is 15.1. The number of hydrogen-bond donors (Lipinski definition) is 1. The van der Waals surface area contributed by atoms with E-state index in [1.165, 1.54) is 0 Å². The number of hydrogen-bond acceptors (Lipinski definition) is 5. The highest BCUT2D eigenvalue weighted by molar-refractivity contribution is 4.94. The molecule has 0 fully saturated rings. The summed E-state index contributed by atoms with van der Waals surface area (Å²) >= 11 is 0. The lowest BCUT2D eigenvalue weighted by atomic mass is 10.3. The summed E-state index contributed by atoms with van der Waals surface area (Å²) in [6.45, 7) is 8.07. The van der Waals surface area contributed by atoms with Crippen molar-refractivity contribution in [1.82, 2.24) is 15.4 Å². The highest BCUT2D eigenvalue weighted by Crippen LogP contribution is 1.97. The smallest absolute Gasteiger partial charge is 0.124 e. The van der Waals surface area contributed by atoms with Gasteiger partial charge in [0.1, 0.15) is 6.26 Å². The third-order valence-corrected chi connectivity index (χ3v) is 2.88. The van der Waals surface area contributed by atoms with E-state index in [0.29, 0.717) is 0 Å². The van der Waals surface area contributed by atoms with Gasteiger partial charge in [-0.25, -0.2) is 0 Å². The average molecular weight is 255 g/mol. The molecule has 0 amide bonds. The Hall–Kier alpha value is -0.910. The molecule has 1 rings (SSSR count). The maximum Gasteiger partial charge on any atom is 0.124 e. The van der Waals surface area contributed by atoms with Crippen molar-refractivity contribution in [1.29, 1.82) is 0 Å². The lowest BCUT2D eigenvalue weighted by Crippen LogP contribution is -2.32. The van der Waals surface area contributed by atoms with Crippen LogP contribution in [0, 0.1) is 0 Å². The minimum absolute atomic E-state index is 0.717. The Morgan fingerprint density at radius 3 is 2.94 bits per heavy atom. The molecule has 1 heterocycles. The number of nitrogens with zero attached hydrogens (tertiary/aromatic N) is 2. The normalized spacial score (nSPS) is 11.3. The number of likely N-dealkylation sites (N-methyl/N-ethyl adjacent to an activating group) is 2. The first-order chi connectivity index (χ1) is 8.86. The summed E-state index contributed by atoms with van der Waals surface area (Å²) in [5.74, 6) is 0. The Labute approximate surface area is 109 Å². The summed E-state index contributed by atoms with van der Waals surface area (Å²) in [4.78, 5) is 2.43. The molecule has 0 aliphatic carbocycles. The molecule has 1 aromatic heterocycles. The molecule has 0 radical (unpaired) electrons. The van der Waals surface area contributed by atoms with Crippen molar-refractivity contribution in [3.05, 3.63) is 18.0 Å². The SMILES string of the molecule is CCN(CCCOCCc1ccon1)CCNC. The first-order valence-electron chi connectivity index (χ1n) is 6.70. The van der Waals surface area contributed by atoms with Crippen LogP contribution in [0.2, 0.25) is 0 Å². The second-order valence-electron chi connectivity index (χ2n) is 4.24. The summed E-state index contributed by atoms with van der Waals surface area (Å²) in [5.41, 5.74) is 0.958. The van der Waals surface area contributed by atoms with E-state index in [0.717, 1.165) is 57.9 Å². The van der Waals surface area contributed by atoms with Gasteiger partial charge in [0.15, 0.2) is 0 Å². The second kappa shape index (κ2) is 10.1. The van der Waals surface area contributed by atoms with Crippen molar-refractivity contribution in [3.63, 3.8) is 0 Å². The molecule has 0 bridgehead atoms. The van der Waals surface area contributed by atoms with Gasteiger partial charge in [0.25, 0.3) is 0 Å². The van der Waals surface area contributed by atoms with E-state index in [1.807, 2.05) is 13.1 Å². The maximum absolute atomic E-state index is 5.58. The molecule has 1 aromatic rings. The Morgan fingerprint density at radius 1 is 1.39 bits per heavy atom. The molecular formula is C13H25N3O2. The van der Waals surface area contributed by atoms with E-state index in [-0.39, 0.29) is 0 Å². The maximum atomic E-state index is 5.58. The first-order valence-corrected chi connectivity index (χ1v) is 6.70. The van der Waals surface area contributed by atoms with Gasteiger partial charge in [-0.1, -0.05) is 12.1 Å². The molecule has 0 aliphatic rings. The van der Waals surface area contributed by atoms with E-state index in [4.69, 9.17) is 9.26 Å². The lowest BCUT2D eigenvalue weighted by molar-refractivity contribution is 0.123. The third kappa shape index (κ3) is 6.74. The summed E-state index contributed by atoms with van der Waals surface area (Å²) in [7, 11) is 1.99. The predicted molar refractivity (Wildman–Crippen MR) is 71.7 cm³/mol. The van der Waals surface area contributed by atoms with Crippen LogP contribution in [0.3, 0.4) is 0 Å². The van der Waals surface area contributed by atoms with Crippen LogP contribution >= 0.6 is 0 Å². The second-order valence-corrected chi connectivity index (χ2v) is 4.24. The van der Waals surface area contributed by atoms with Gasteiger partial charge < -0.3 is 19.5 Å². The fourth-order valence-corrected chi connectivity index (χ4v) is 1.73. The summed E-state index contributed by atoms with van der Waals surface area (Å²) < 4.78 is 10.3. The Balaban J connectivity index is 1.93. The van der Waals surface area contributed by atoms with Crippen molar-refractivity contribution in [3.8, 4) is 0 Å². The molecule has 18 heavy (non-hydrogen) atoms. The van der Waals surface area contributed by atoms with Crippen LogP contribution in [0.25, 0.3) is 0 Å². The predicted octanol–water partition coefficient (Wildman–Crippen LogP) is 1.17. The number of rotatable bonds is 11. The summed E-state index contributed by atoms with van der Waals surface area (Å²) in [5, 5.41) is 7.01. The molecule has 0 unspecified atom stereocenters. The van der Waals surface area contributed by atoms with Crippen molar-refractivity contribution in [2.24, 2.45) is 0 Å². The number of aromatic nitrogens is 1. The van der Waals surface area contributed by atoms with Crippen LogP contribution in [0.5, 0.6) is 0 Å². The van der Waals surface area contributed by atoms with E-state index in [2.05, 4.69) is 22.3 Å². The van der Waals surface area contributed by atoms with Gasteiger partial charge in [-0.05, 0) is 20.0 Å². The van der Waals surface area contributed by atoms with Gasteiger partial charge in [-0.2, -0.15) is 0 Å². The topological polar surface area (TPSA) is 50.5 Å². The van der Waals surface area contributed by atoms with Crippen LogP contribution in [0.15, 0.2) is 16.9 Å². The molecule has 0 aliphatic heterocycles. The molecule has 5 nitrogen and oxygen atoms in total. The van der Waals surface area contributed by atoms with Crippen LogP contribution in [0.1, 0.15) is 19.0 Å². The average Bonchev–Trinajstić information content (AvgIpc) is 2.90. The van der Waals surface area contributed by atoms with E-state index in [9.17, 15) is 0 Å². The van der Waals surface area contributed by atoms with Crippen molar-refractivity contribution < 1.29 is 9.26 Å². The van der Waals surface area contributed by atoms with Gasteiger partial charge in [0.05, 0.1) is 12.3 Å². The van der Waals surface area contributed by atoms with Gasteiger partial charge in [0, 0.05) is 38.7 Å². The Kier molecular flexibility index (Phi) is 8.46. The fourth-order valence-electron chi connectivity index (χ4n) is 1.73. The molecule has 0 atom stereocenters. The molecule has 1 N–H and O–H groups in total. The molecule has 104 valence electrons. The van der Waals surface area contributed by atoms with Crippen LogP contribution < -0.4 is 5.32 Å². The number of nitrogens with one attached hydrogen (secondary N) is 1. The van der Waals surface area contributed by atoms with Crippen LogP contribution in [0.4, 0.5) is 0 Å². The fraction of sp³-hybridized carbons (Fsp3) is 0.769. The Morgan fingerprint density at radius 2 is 2.28 bits per heavy atom. The zero-order valence-electron chi connectivity index (χ0n) is 11.5. The zero-order chi connectivity index (χ0) is 13.1. The molecule has 0 saturated carbocycles. The van der Waals surface area contributed by atoms with Crippen molar-refractivity contribution >= 4 is 0 Å². The minimum Gasteiger partial charge on any atom is -0.381 e. The van der Waals surface area contributed by atoms with Gasteiger partial charge in [-0.15, -0.1) is 0 Å². The number of ether oxygens (including phenoxy) is 1. The molecule has 0 spiro atoms.